The molecular formula is C28H19BrClF6N3O5. The predicted octanol–water partition coefficient (Wildman–Crippen LogP) is 6.37. The Bertz CT molecular complexity index is 1650. The minimum atomic E-state index is -4.88. The van der Waals surface area contributed by atoms with Crippen LogP contribution in [0.3, 0.4) is 0 Å². The van der Waals surface area contributed by atoms with Gasteiger partial charge in [-0.15, -0.1) is 13.2 Å². The molecule has 0 bridgehead atoms. The number of amides is 3. The maximum Gasteiger partial charge on any atom is 0.573 e. The lowest BCUT2D eigenvalue weighted by Gasteiger charge is -2.39. The van der Waals surface area contributed by atoms with Crippen LogP contribution < -0.4 is 14.8 Å². The van der Waals surface area contributed by atoms with Gasteiger partial charge in [0.15, 0.2) is 6.61 Å². The van der Waals surface area contributed by atoms with Gasteiger partial charge in [0.25, 0.3) is 11.8 Å². The van der Waals surface area contributed by atoms with Crippen LogP contribution in [0, 0.1) is 0 Å². The van der Waals surface area contributed by atoms with Crippen molar-refractivity contribution in [2.75, 3.05) is 31.6 Å². The molecule has 3 aromatic carbocycles. The van der Waals surface area contributed by atoms with Crippen molar-refractivity contribution < 1.29 is 50.2 Å². The second-order valence-electron chi connectivity index (χ2n) is 9.76. The van der Waals surface area contributed by atoms with Crippen LogP contribution in [-0.4, -0.2) is 66.2 Å². The Hall–Kier alpha value is -3.98. The third-order valence-electron chi connectivity index (χ3n) is 6.85. The fraction of sp³-hybridized carbons (Fsp3) is 0.250. The summed E-state index contributed by atoms with van der Waals surface area (Å²) in [6.07, 6.45) is -9.52. The molecule has 8 nitrogen and oxygen atoms in total. The summed E-state index contributed by atoms with van der Waals surface area (Å²) in [6.45, 7) is -0.683. The van der Waals surface area contributed by atoms with Crippen LogP contribution in [0.1, 0.15) is 15.9 Å². The number of carbonyl (C=O) groups is 3. The number of hydrogen-bond donors (Lipinski definition) is 1. The predicted molar refractivity (Wildman–Crippen MR) is 148 cm³/mol. The molecule has 3 aromatic rings. The Morgan fingerprint density at radius 3 is 2.41 bits per heavy atom. The third-order valence-corrected chi connectivity index (χ3v) is 7.69. The number of ether oxygens (including phenoxy) is 2. The first-order valence-corrected chi connectivity index (χ1v) is 13.9. The summed E-state index contributed by atoms with van der Waals surface area (Å²) in [5.74, 6) is -2.10. The summed E-state index contributed by atoms with van der Waals surface area (Å²) < 4.78 is 86.8. The highest BCUT2D eigenvalue weighted by Gasteiger charge is 2.41. The number of alkyl halides is 6. The molecule has 1 fully saturated rings. The number of halogens is 8. The molecule has 44 heavy (non-hydrogen) atoms. The van der Waals surface area contributed by atoms with Gasteiger partial charge in [0, 0.05) is 18.1 Å². The van der Waals surface area contributed by atoms with Crippen LogP contribution in [0.5, 0.6) is 11.5 Å². The molecule has 1 saturated heterocycles. The maximum atomic E-state index is 13.5. The van der Waals surface area contributed by atoms with Crippen LogP contribution in [0.25, 0.3) is 11.1 Å². The summed E-state index contributed by atoms with van der Waals surface area (Å²) in [5, 5.41) is 2.50. The fourth-order valence-electron chi connectivity index (χ4n) is 4.80. The van der Waals surface area contributed by atoms with E-state index in [-0.39, 0.29) is 57.3 Å². The topological polar surface area (TPSA) is 88.2 Å². The van der Waals surface area contributed by atoms with E-state index in [0.29, 0.717) is 0 Å². The molecule has 16 heteroatoms. The number of fused-ring (bicyclic) bond motifs is 2. The van der Waals surface area contributed by atoms with Crippen molar-refractivity contribution in [2.24, 2.45) is 0 Å². The summed E-state index contributed by atoms with van der Waals surface area (Å²) in [6, 6.07) is 9.42. The number of piperazine rings is 1. The van der Waals surface area contributed by atoms with E-state index in [1.807, 2.05) is 0 Å². The van der Waals surface area contributed by atoms with Crippen molar-refractivity contribution in [2.45, 2.75) is 18.6 Å². The highest BCUT2D eigenvalue weighted by Crippen LogP contribution is 2.37. The van der Waals surface area contributed by atoms with E-state index in [0.717, 1.165) is 24.3 Å². The standard InChI is InChI=1S/C28H19BrClF6N3O5/c29-20-11-18(44-28(34,35)36)2-4-23(20)43-13-24(40)38-5-6-39-22(12-38)25(41)37-21-3-1-14(9-19(21)26(39)42)15-7-16(27(31,32)33)10-17(30)8-15/h1-4,7-11,22H,5-6,12-13H2,(H,37,41). The Labute approximate surface area is 258 Å². The number of anilines is 1. The molecule has 0 aliphatic carbocycles. The third kappa shape index (κ3) is 6.88. The zero-order valence-corrected chi connectivity index (χ0v) is 24.4. The summed E-state index contributed by atoms with van der Waals surface area (Å²) in [4.78, 5) is 42.2. The van der Waals surface area contributed by atoms with Gasteiger partial charge in [-0.3, -0.25) is 14.4 Å². The lowest BCUT2D eigenvalue weighted by atomic mass is 9.99. The number of rotatable bonds is 5. The lowest BCUT2D eigenvalue weighted by molar-refractivity contribution is -0.274. The molecule has 5 rings (SSSR count). The van der Waals surface area contributed by atoms with Crippen molar-refractivity contribution in [1.29, 1.82) is 0 Å². The smallest absolute Gasteiger partial charge is 0.483 e. The van der Waals surface area contributed by atoms with Crippen molar-refractivity contribution >= 4 is 50.9 Å². The first-order chi connectivity index (χ1) is 20.6. The second-order valence-corrected chi connectivity index (χ2v) is 11.0. The van der Waals surface area contributed by atoms with E-state index < -0.39 is 54.2 Å². The molecule has 3 amide bonds. The van der Waals surface area contributed by atoms with Gasteiger partial charge in [-0.2, -0.15) is 13.2 Å². The van der Waals surface area contributed by atoms with E-state index in [1.165, 1.54) is 40.1 Å². The second kappa shape index (κ2) is 11.8. The molecule has 0 saturated carbocycles. The number of nitrogens with zero attached hydrogens (tertiary/aromatic N) is 2. The van der Waals surface area contributed by atoms with Gasteiger partial charge in [0.05, 0.1) is 27.8 Å². The molecule has 1 N–H and O–H groups in total. The average Bonchev–Trinajstić information content (AvgIpc) is 3.04. The molecule has 1 atom stereocenters. The minimum absolute atomic E-state index is 0.0329. The van der Waals surface area contributed by atoms with Crippen LogP contribution in [0.2, 0.25) is 5.02 Å². The van der Waals surface area contributed by atoms with Crippen LogP contribution in [0.4, 0.5) is 32.0 Å². The Kier molecular flexibility index (Phi) is 8.46. The number of benzene rings is 3. The van der Waals surface area contributed by atoms with E-state index in [9.17, 15) is 40.7 Å². The van der Waals surface area contributed by atoms with Gasteiger partial charge in [0.1, 0.15) is 17.5 Å². The Balaban J connectivity index is 1.29. The monoisotopic (exact) mass is 705 g/mol. The molecule has 0 aromatic heterocycles. The first-order valence-electron chi connectivity index (χ1n) is 12.7. The minimum Gasteiger partial charge on any atom is -0.483 e. The zero-order valence-electron chi connectivity index (χ0n) is 22.1. The molecule has 2 heterocycles. The van der Waals surface area contributed by atoms with Gasteiger partial charge < -0.3 is 24.6 Å². The van der Waals surface area contributed by atoms with Crippen LogP contribution in [-0.2, 0) is 15.8 Å². The van der Waals surface area contributed by atoms with Gasteiger partial charge in [-0.25, -0.2) is 0 Å². The quantitative estimate of drug-likeness (QED) is 0.312. The summed E-state index contributed by atoms with van der Waals surface area (Å²) in [7, 11) is 0. The molecule has 0 spiro atoms. The summed E-state index contributed by atoms with van der Waals surface area (Å²) >= 11 is 9.00. The number of hydrogen-bond acceptors (Lipinski definition) is 5. The van der Waals surface area contributed by atoms with Gasteiger partial charge in [0.2, 0.25) is 5.91 Å². The fourth-order valence-corrected chi connectivity index (χ4v) is 5.51. The maximum absolute atomic E-state index is 13.5. The van der Waals surface area contributed by atoms with E-state index >= 15 is 0 Å². The Morgan fingerprint density at radius 1 is 0.977 bits per heavy atom. The average molecular weight is 707 g/mol. The van der Waals surface area contributed by atoms with Crippen LogP contribution in [0.15, 0.2) is 59.1 Å². The van der Waals surface area contributed by atoms with Crippen molar-refractivity contribution in [1.82, 2.24) is 9.80 Å². The molecule has 232 valence electrons. The number of carbonyl (C=O) groups excluding carboxylic acids is 3. The van der Waals surface area contributed by atoms with Crippen molar-refractivity contribution in [3.05, 3.63) is 75.2 Å². The van der Waals surface area contributed by atoms with Crippen LogP contribution >= 0.6 is 27.5 Å². The molecule has 0 radical (unpaired) electrons. The molecular weight excluding hydrogens is 688 g/mol. The normalized spacial score (nSPS) is 17.0. The van der Waals surface area contributed by atoms with E-state index in [4.69, 9.17) is 16.3 Å². The zero-order chi connectivity index (χ0) is 32.0. The first kappa shape index (κ1) is 31.4. The molecule has 1 unspecified atom stereocenters. The van der Waals surface area contributed by atoms with E-state index in [1.54, 1.807) is 0 Å². The lowest BCUT2D eigenvalue weighted by Crippen LogP contribution is -2.60. The van der Waals surface area contributed by atoms with Crippen molar-refractivity contribution in [3.8, 4) is 22.6 Å². The highest BCUT2D eigenvalue weighted by molar-refractivity contribution is 9.10. The largest absolute Gasteiger partial charge is 0.573 e. The number of nitrogens with one attached hydrogen (secondary N) is 1. The van der Waals surface area contributed by atoms with Crippen molar-refractivity contribution in [3.63, 3.8) is 0 Å². The molecule has 2 aliphatic rings. The van der Waals surface area contributed by atoms with Gasteiger partial charge in [-0.1, -0.05) is 17.7 Å². The van der Waals surface area contributed by atoms with E-state index in [2.05, 4.69) is 26.0 Å². The SMILES string of the molecule is O=C1Nc2ccc(-c3cc(Cl)cc(C(F)(F)F)c3)cc2C(=O)N2CCN(C(=O)COc3ccc(OC(F)(F)F)cc3Br)CC12. The van der Waals surface area contributed by atoms with Gasteiger partial charge >= 0.3 is 12.5 Å². The Morgan fingerprint density at radius 2 is 1.73 bits per heavy atom. The highest BCUT2D eigenvalue weighted by atomic mass is 79.9. The van der Waals surface area contributed by atoms with Gasteiger partial charge in [-0.05, 0) is 75.6 Å². The summed E-state index contributed by atoms with van der Waals surface area (Å²) in [5.41, 5.74) is -0.359. The molecule has 2 aliphatic heterocycles.